The number of rotatable bonds is 5. The van der Waals surface area contributed by atoms with Crippen molar-refractivity contribution < 1.29 is 14.3 Å². The summed E-state index contributed by atoms with van der Waals surface area (Å²) in [5.41, 5.74) is -0.0334. The average molecular weight is 254 g/mol. The molecule has 2 rings (SSSR count). The van der Waals surface area contributed by atoms with E-state index in [1.807, 2.05) is 0 Å². The van der Waals surface area contributed by atoms with E-state index in [2.05, 4.69) is 27.7 Å². The van der Waals surface area contributed by atoms with E-state index in [1.165, 1.54) is 6.42 Å². The first kappa shape index (κ1) is 13.9. The minimum atomic E-state index is -0.0334. The van der Waals surface area contributed by atoms with Gasteiger partial charge in [-0.2, -0.15) is 0 Å². The molecule has 0 radical (unpaired) electrons. The van der Waals surface area contributed by atoms with Crippen molar-refractivity contribution in [1.29, 1.82) is 0 Å². The molecule has 0 aromatic heterocycles. The normalized spacial score (nSPS) is 30.7. The molecule has 2 unspecified atom stereocenters. The fourth-order valence-electron chi connectivity index (χ4n) is 2.52. The van der Waals surface area contributed by atoms with Gasteiger partial charge in [0.15, 0.2) is 0 Å². The maximum Gasteiger partial charge on any atom is 0.309 e. The van der Waals surface area contributed by atoms with Gasteiger partial charge < -0.3 is 9.47 Å². The number of esters is 1. The lowest BCUT2D eigenvalue weighted by Crippen LogP contribution is -2.57. The van der Waals surface area contributed by atoms with Crippen molar-refractivity contribution in [3.05, 3.63) is 0 Å². The number of hydrogen-bond acceptors (Lipinski definition) is 3. The number of carbonyl (C=O) groups is 1. The van der Waals surface area contributed by atoms with Gasteiger partial charge in [-0.15, -0.1) is 0 Å². The van der Waals surface area contributed by atoms with Crippen LogP contribution in [0.1, 0.15) is 53.4 Å². The molecule has 2 aliphatic carbocycles. The first-order valence-electron chi connectivity index (χ1n) is 7.23. The molecule has 18 heavy (non-hydrogen) atoms. The molecular weight excluding hydrogens is 228 g/mol. The Hall–Kier alpha value is -0.570. The van der Waals surface area contributed by atoms with Crippen molar-refractivity contribution in [1.82, 2.24) is 0 Å². The lowest BCUT2D eigenvalue weighted by Gasteiger charge is -2.51. The van der Waals surface area contributed by atoms with Crippen LogP contribution < -0.4 is 0 Å². The maximum atomic E-state index is 11.8. The molecule has 0 aliphatic heterocycles. The van der Waals surface area contributed by atoms with Crippen LogP contribution in [-0.4, -0.2) is 24.8 Å². The van der Waals surface area contributed by atoms with E-state index in [0.29, 0.717) is 5.92 Å². The van der Waals surface area contributed by atoms with Gasteiger partial charge in [-0.1, -0.05) is 34.1 Å². The van der Waals surface area contributed by atoms with Crippen LogP contribution in [0.3, 0.4) is 0 Å². The van der Waals surface area contributed by atoms with Crippen molar-refractivity contribution in [3.8, 4) is 0 Å². The van der Waals surface area contributed by atoms with Crippen molar-refractivity contribution >= 4 is 5.97 Å². The fourth-order valence-corrected chi connectivity index (χ4v) is 2.52. The lowest BCUT2D eigenvalue weighted by atomic mass is 9.66. The molecule has 0 heterocycles. The molecule has 104 valence electrons. The SMILES string of the molecule is CC(C)COC1CC(OC(=O)C2CCC2)C1(C)C. The highest BCUT2D eigenvalue weighted by atomic mass is 16.6. The molecule has 0 aromatic carbocycles. The molecule has 3 heteroatoms. The van der Waals surface area contributed by atoms with Crippen LogP contribution in [0.4, 0.5) is 0 Å². The summed E-state index contributed by atoms with van der Waals surface area (Å²) >= 11 is 0. The Morgan fingerprint density at radius 3 is 2.39 bits per heavy atom. The summed E-state index contributed by atoms with van der Waals surface area (Å²) in [6.45, 7) is 9.37. The van der Waals surface area contributed by atoms with Gasteiger partial charge in [-0.3, -0.25) is 4.79 Å². The summed E-state index contributed by atoms with van der Waals surface area (Å²) in [5, 5.41) is 0. The third-order valence-electron chi connectivity index (χ3n) is 4.42. The zero-order valence-corrected chi connectivity index (χ0v) is 12.1. The van der Waals surface area contributed by atoms with Crippen LogP contribution in [0.2, 0.25) is 0 Å². The maximum absolute atomic E-state index is 11.8. The highest BCUT2D eigenvalue weighted by Crippen LogP contribution is 2.45. The first-order chi connectivity index (χ1) is 8.41. The molecule has 0 amide bonds. The van der Waals surface area contributed by atoms with Crippen molar-refractivity contribution in [3.63, 3.8) is 0 Å². The van der Waals surface area contributed by atoms with E-state index in [1.54, 1.807) is 0 Å². The Labute approximate surface area is 110 Å². The highest BCUT2D eigenvalue weighted by Gasteiger charge is 2.52. The summed E-state index contributed by atoms with van der Waals surface area (Å²) in [4.78, 5) is 11.8. The smallest absolute Gasteiger partial charge is 0.309 e. The molecule has 0 saturated heterocycles. The molecule has 2 aliphatic rings. The summed E-state index contributed by atoms with van der Waals surface area (Å²) < 4.78 is 11.5. The monoisotopic (exact) mass is 254 g/mol. The van der Waals surface area contributed by atoms with Gasteiger partial charge in [0.05, 0.1) is 12.0 Å². The molecule has 0 bridgehead atoms. The predicted molar refractivity (Wildman–Crippen MR) is 70.2 cm³/mol. The van der Waals surface area contributed by atoms with E-state index in [9.17, 15) is 4.79 Å². The second-order valence-corrected chi connectivity index (χ2v) is 6.83. The van der Waals surface area contributed by atoms with Gasteiger partial charge in [0.25, 0.3) is 0 Å². The number of hydrogen-bond donors (Lipinski definition) is 0. The second kappa shape index (κ2) is 5.20. The average Bonchev–Trinajstić information content (AvgIpc) is 2.19. The standard InChI is InChI=1S/C15H26O3/c1-10(2)9-17-12-8-13(15(12,3)4)18-14(16)11-6-5-7-11/h10-13H,5-9H2,1-4H3. The Balaban J connectivity index is 1.77. The minimum Gasteiger partial charge on any atom is -0.461 e. The van der Waals surface area contributed by atoms with Gasteiger partial charge in [-0.25, -0.2) is 0 Å². The molecular formula is C15H26O3. The highest BCUT2D eigenvalue weighted by molar-refractivity contribution is 5.73. The summed E-state index contributed by atoms with van der Waals surface area (Å²) in [6.07, 6.45) is 4.34. The van der Waals surface area contributed by atoms with E-state index in [-0.39, 0.29) is 29.5 Å². The predicted octanol–water partition coefficient (Wildman–Crippen LogP) is 3.17. The largest absolute Gasteiger partial charge is 0.461 e. The Morgan fingerprint density at radius 2 is 1.94 bits per heavy atom. The molecule has 0 N–H and O–H groups in total. The van der Waals surface area contributed by atoms with E-state index < -0.39 is 0 Å². The van der Waals surface area contributed by atoms with E-state index in [0.717, 1.165) is 25.9 Å². The third-order valence-corrected chi connectivity index (χ3v) is 4.42. The zero-order valence-electron chi connectivity index (χ0n) is 12.1. The van der Waals surface area contributed by atoms with Crippen LogP contribution in [0.5, 0.6) is 0 Å². The Kier molecular flexibility index (Phi) is 4.00. The van der Waals surface area contributed by atoms with Gasteiger partial charge >= 0.3 is 5.97 Å². The first-order valence-corrected chi connectivity index (χ1v) is 7.23. The molecule has 2 atom stereocenters. The van der Waals surface area contributed by atoms with Crippen LogP contribution in [0, 0.1) is 17.3 Å². The van der Waals surface area contributed by atoms with Crippen molar-refractivity contribution in [2.24, 2.45) is 17.3 Å². The van der Waals surface area contributed by atoms with Crippen molar-refractivity contribution in [2.45, 2.75) is 65.6 Å². The minimum absolute atomic E-state index is 0.0154. The molecule has 2 saturated carbocycles. The third kappa shape index (κ3) is 2.71. The van der Waals surface area contributed by atoms with Gasteiger partial charge in [-0.05, 0) is 18.8 Å². The molecule has 0 spiro atoms. The quantitative estimate of drug-likeness (QED) is 0.707. The summed E-state index contributed by atoms with van der Waals surface area (Å²) in [5.74, 6) is 0.746. The lowest BCUT2D eigenvalue weighted by molar-refractivity contribution is -0.209. The van der Waals surface area contributed by atoms with Gasteiger partial charge in [0.1, 0.15) is 6.10 Å². The zero-order chi connectivity index (χ0) is 13.3. The van der Waals surface area contributed by atoms with Gasteiger partial charge in [0, 0.05) is 18.4 Å². The molecule has 0 aromatic rings. The molecule has 2 fully saturated rings. The Morgan fingerprint density at radius 1 is 1.28 bits per heavy atom. The van der Waals surface area contributed by atoms with E-state index in [4.69, 9.17) is 9.47 Å². The van der Waals surface area contributed by atoms with Gasteiger partial charge in [0.2, 0.25) is 0 Å². The van der Waals surface area contributed by atoms with Crippen LogP contribution in [0.25, 0.3) is 0 Å². The fraction of sp³-hybridized carbons (Fsp3) is 0.933. The van der Waals surface area contributed by atoms with Crippen LogP contribution >= 0.6 is 0 Å². The summed E-state index contributed by atoms with van der Waals surface area (Å²) in [6, 6.07) is 0. The van der Waals surface area contributed by atoms with Crippen molar-refractivity contribution in [2.75, 3.05) is 6.61 Å². The van der Waals surface area contributed by atoms with E-state index >= 15 is 0 Å². The second-order valence-electron chi connectivity index (χ2n) is 6.83. The summed E-state index contributed by atoms with van der Waals surface area (Å²) in [7, 11) is 0. The topological polar surface area (TPSA) is 35.5 Å². The van der Waals surface area contributed by atoms with Crippen LogP contribution in [-0.2, 0) is 14.3 Å². The number of carbonyl (C=O) groups excluding carboxylic acids is 1. The molecule has 3 nitrogen and oxygen atoms in total. The Bertz CT molecular complexity index is 305. The van der Waals surface area contributed by atoms with Crippen LogP contribution in [0.15, 0.2) is 0 Å². The number of ether oxygens (including phenoxy) is 2.